The van der Waals surface area contributed by atoms with Crippen molar-refractivity contribution < 1.29 is 28.3 Å². The van der Waals surface area contributed by atoms with Crippen LogP contribution in [-0.4, -0.2) is 37.7 Å². The SMILES string of the molecule is COc1ccccc1C=CC(=O)NCC(=O)NN=Cc1ccc(OC(=O)C=Cc2ccco2)cc1. The zero-order valence-corrected chi connectivity index (χ0v) is 18.8. The molecule has 2 N–H and O–H groups in total. The monoisotopic (exact) mass is 473 g/mol. The van der Waals surface area contributed by atoms with E-state index in [0.29, 0.717) is 22.8 Å². The van der Waals surface area contributed by atoms with Gasteiger partial charge in [0.25, 0.3) is 5.91 Å². The molecule has 0 atom stereocenters. The largest absolute Gasteiger partial charge is 0.496 e. The normalized spacial score (nSPS) is 11.1. The summed E-state index contributed by atoms with van der Waals surface area (Å²) in [4.78, 5) is 35.6. The molecule has 0 saturated heterocycles. The molecule has 2 amide bonds. The van der Waals surface area contributed by atoms with Crippen molar-refractivity contribution in [3.8, 4) is 11.5 Å². The second kappa shape index (κ2) is 12.9. The standard InChI is InChI=1S/C26H23N3O6/c1-33-23-7-3-2-5-20(23)10-14-24(30)27-18-25(31)29-28-17-19-8-11-22(12-9-19)35-26(32)15-13-21-6-4-16-34-21/h2-17H,18H2,1H3,(H,27,30)(H,29,31). The number of furan rings is 1. The van der Waals surface area contributed by atoms with Crippen LogP contribution in [0, 0.1) is 0 Å². The van der Waals surface area contributed by atoms with Gasteiger partial charge in [0, 0.05) is 17.7 Å². The third kappa shape index (κ3) is 8.50. The van der Waals surface area contributed by atoms with Crippen LogP contribution in [0.2, 0.25) is 0 Å². The van der Waals surface area contributed by atoms with Gasteiger partial charge < -0.3 is 19.2 Å². The maximum absolute atomic E-state index is 11.9. The maximum Gasteiger partial charge on any atom is 0.336 e. The summed E-state index contributed by atoms with van der Waals surface area (Å²) in [5.41, 5.74) is 3.73. The lowest BCUT2D eigenvalue weighted by molar-refractivity contribution is -0.129. The Balaban J connectivity index is 1.39. The van der Waals surface area contributed by atoms with Gasteiger partial charge in [-0.1, -0.05) is 18.2 Å². The van der Waals surface area contributed by atoms with E-state index >= 15 is 0 Å². The lowest BCUT2D eigenvalue weighted by atomic mass is 10.2. The second-order valence-corrected chi connectivity index (χ2v) is 6.93. The highest BCUT2D eigenvalue weighted by atomic mass is 16.5. The van der Waals surface area contributed by atoms with E-state index < -0.39 is 17.8 Å². The average Bonchev–Trinajstić information content (AvgIpc) is 3.40. The zero-order chi connectivity index (χ0) is 24.9. The first kappa shape index (κ1) is 24.7. The molecule has 0 aliphatic heterocycles. The molecule has 0 aliphatic carbocycles. The Hall–Kier alpha value is -4.92. The summed E-state index contributed by atoms with van der Waals surface area (Å²) >= 11 is 0. The van der Waals surface area contributed by atoms with Gasteiger partial charge in [-0.2, -0.15) is 5.10 Å². The molecule has 0 radical (unpaired) electrons. The highest BCUT2D eigenvalue weighted by Crippen LogP contribution is 2.18. The van der Waals surface area contributed by atoms with Crippen molar-refractivity contribution in [2.45, 2.75) is 0 Å². The fraction of sp³-hybridized carbons (Fsp3) is 0.0769. The molecule has 0 unspecified atom stereocenters. The minimum absolute atomic E-state index is 0.243. The van der Waals surface area contributed by atoms with Gasteiger partial charge in [0.15, 0.2) is 0 Å². The first-order valence-electron chi connectivity index (χ1n) is 10.5. The van der Waals surface area contributed by atoms with Crippen LogP contribution in [0.15, 0.2) is 88.6 Å². The van der Waals surface area contributed by atoms with Crippen LogP contribution in [0.3, 0.4) is 0 Å². The van der Waals surface area contributed by atoms with Crippen molar-refractivity contribution >= 4 is 36.2 Å². The van der Waals surface area contributed by atoms with E-state index in [9.17, 15) is 14.4 Å². The number of rotatable bonds is 10. The molecule has 0 fully saturated rings. The molecule has 1 heterocycles. The van der Waals surface area contributed by atoms with Crippen molar-refractivity contribution in [3.05, 3.63) is 96.0 Å². The van der Waals surface area contributed by atoms with Crippen LogP contribution in [0.1, 0.15) is 16.9 Å². The van der Waals surface area contributed by atoms with E-state index in [1.54, 1.807) is 61.7 Å². The smallest absolute Gasteiger partial charge is 0.336 e. The number of carbonyl (C=O) groups excluding carboxylic acids is 3. The van der Waals surface area contributed by atoms with Gasteiger partial charge in [0.05, 0.1) is 26.1 Å². The van der Waals surface area contributed by atoms with Crippen molar-refractivity contribution in [1.29, 1.82) is 0 Å². The van der Waals surface area contributed by atoms with E-state index in [-0.39, 0.29) is 6.54 Å². The number of nitrogens with zero attached hydrogens (tertiary/aromatic N) is 1. The number of carbonyl (C=O) groups is 3. The molecule has 0 aliphatic rings. The summed E-state index contributed by atoms with van der Waals surface area (Å²) in [7, 11) is 1.55. The number of benzene rings is 2. The summed E-state index contributed by atoms with van der Waals surface area (Å²) in [6.45, 7) is -0.243. The lowest BCUT2D eigenvalue weighted by Crippen LogP contribution is -2.34. The molecule has 35 heavy (non-hydrogen) atoms. The topological polar surface area (TPSA) is 119 Å². The molecule has 0 bridgehead atoms. The molecule has 9 heteroatoms. The molecule has 2 aromatic carbocycles. The van der Waals surface area contributed by atoms with Crippen molar-refractivity contribution in [3.63, 3.8) is 0 Å². The Morgan fingerprint density at radius 3 is 2.51 bits per heavy atom. The number of hydrogen-bond acceptors (Lipinski definition) is 7. The fourth-order valence-corrected chi connectivity index (χ4v) is 2.72. The van der Waals surface area contributed by atoms with E-state index in [1.807, 2.05) is 12.1 Å². The predicted octanol–water partition coefficient (Wildman–Crippen LogP) is 3.19. The Bertz CT molecular complexity index is 1230. The lowest BCUT2D eigenvalue weighted by Gasteiger charge is -2.04. The second-order valence-electron chi connectivity index (χ2n) is 6.93. The molecule has 178 valence electrons. The summed E-state index contributed by atoms with van der Waals surface area (Å²) in [6.07, 6.45) is 8.61. The van der Waals surface area contributed by atoms with Crippen molar-refractivity contribution in [2.24, 2.45) is 5.10 Å². The van der Waals surface area contributed by atoms with Gasteiger partial charge in [0.2, 0.25) is 5.91 Å². The van der Waals surface area contributed by atoms with Crippen LogP contribution in [0.5, 0.6) is 11.5 Å². The Kier molecular flexibility index (Phi) is 9.14. The number of methoxy groups -OCH3 is 1. The predicted molar refractivity (Wildman–Crippen MR) is 131 cm³/mol. The maximum atomic E-state index is 11.9. The van der Waals surface area contributed by atoms with Crippen molar-refractivity contribution in [1.82, 2.24) is 10.7 Å². The number of hydrogen-bond donors (Lipinski definition) is 2. The molecule has 0 spiro atoms. The summed E-state index contributed by atoms with van der Waals surface area (Å²) in [6, 6.07) is 17.2. The minimum Gasteiger partial charge on any atom is -0.496 e. The van der Waals surface area contributed by atoms with Crippen LogP contribution in [0.4, 0.5) is 0 Å². The summed E-state index contributed by atoms with van der Waals surface area (Å²) < 4.78 is 15.5. The van der Waals surface area contributed by atoms with Gasteiger partial charge in [-0.15, -0.1) is 0 Å². The van der Waals surface area contributed by atoms with Gasteiger partial charge >= 0.3 is 5.97 Å². The molecule has 1 aromatic heterocycles. The highest BCUT2D eigenvalue weighted by molar-refractivity contribution is 5.94. The van der Waals surface area contributed by atoms with Gasteiger partial charge in [0.1, 0.15) is 17.3 Å². The third-order valence-electron chi connectivity index (χ3n) is 4.40. The number of esters is 1. The Labute approximate surface area is 201 Å². The Morgan fingerprint density at radius 2 is 1.77 bits per heavy atom. The van der Waals surface area contributed by atoms with Crippen LogP contribution in [0.25, 0.3) is 12.2 Å². The number of ether oxygens (including phenoxy) is 2. The quantitative estimate of drug-likeness (QED) is 0.153. The molecule has 3 aromatic rings. The number of para-hydroxylation sites is 1. The van der Waals surface area contributed by atoms with Gasteiger partial charge in [-0.05, 0) is 60.2 Å². The van der Waals surface area contributed by atoms with Crippen LogP contribution < -0.4 is 20.2 Å². The van der Waals surface area contributed by atoms with E-state index in [4.69, 9.17) is 13.9 Å². The van der Waals surface area contributed by atoms with Gasteiger partial charge in [-0.3, -0.25) is 9.59 Å². The fourth-order valence-electron chi connectivity index (χ4n) is 2.72. The Morgan fingerprint density at radius 1 is 0.971 bits per heavy atom. The summed E-state index contributed by atoms with van der Waals surface area (Å²) in [5, 5.41) is 6.32. The molecule has 0 saturated carbocycles. The molecule has 3 rings (SSSR count). The molecular formula is C26H23N3O6. The van der Waals surface area contributed by atoms with Gasteiger partial charge in [-0.25, -0.2) is 10.2 Å². The number of nitrogens with one attached hydrogen (secondary N) is 2. The third-order valence-corrected chi connectivity index (χ3v) is 4.40. The molecule has 9 nitrogen and oxygen atoms in total. The molecular weight excluding hydrogens is 450 g/mol. The first-order valence-corrected chi connectivity index (χ1v) is 10.5. The van der Waals surface area contributed by atoms with E-state index in [1.165, 1.54) is 30.7 Å². The van der Waals surface area contributed by atoms with E-state index in [0.717, 1.165) is 5.56 Å². The number of hydrazone groups is 1. The first-order chi connectivity index (χ1) is 17.0. The highest BCUT2D eigenvalue weighted by Gasteiger charge is 2.04. The minimum atomic E-state index is -0.546. The van der Waals surface area contributed by atoms with Crippen LogP contribution in [-0.2, 0) is 14.4 Å². The van der Waals surface area contributed by atoms with E-state index in [2.05, 4.69) is 15.8 Å². The number of amides is 2. The van der Waals surface area contributed by atoms with Crippen LogP contribution >= 0.6 is 0 Å². The summed E-state index contributed by atoms with van der Waals surface area (Å²) in [5.74, 6) is 0.0589. The van der Waals surface area contributed by atoms with Crippen molar-refractivity contribution in [2.75, 3.05) is 13.7 Å². The average molecular weight is 473 g/mol. The zero-order valence-electron chi connectivity index (χ0n) is 18.8.